The monoisotopic (exact) mass is 208 g/mol. The van der Waals surface area contributed by atoms with Gasteiger partial charge in [0.2, 0.25) is 6.17 Å². The van der Waals surface area contributed by atoms with Crippen molar-refractivity contribution in [2.24, 2.45) is 20.5 Å². The molecule has 0 amide bonds. The quantitative estimate of drug-likeness (QED) is 0.654. The Hall–Kier alpha value is -1.56. The summed E-state index contributed by atoms with van der Waals surface area (Å²) >= 11 is 4.65. The maximum atomic E-state index is 12.6. The molecule has 0 aromatic heterocycles. The third-order valence-corrected chi connectivity index (χ3v) is 1.84. The number of hydrogen-bond donors (Lipinski definition) is 0. The number of thiocarbonyl (C=S) groups is 1. The van der Waals surface area contributed by atoms with Crippen LogP contribution in [0.5, 0.6) is 0 Å². The molecular formula is C8H5FN4S. The van der Waals surface area contributed by atoms with Gasteiger partial charge in [-0.1, -0.05) is 12.1 Å². The minimum Gasteiger partial charge on any atom is -0.207 e. The van der Waals surface area contributed by atoms with E-state index in [0.717, 1.165) is 5.56 Å². The van der Waals surface area contributed by atoms with E-state index < -0.39 is 6.17 Å². The molecule has 0 N–H and O–H groups in total. The van der Waals surface area contributed by atoms with Crippen LogP contribution in [0.15, 0.2) is 44.7 Å². The summed E-state index contributed by atoms with van der Waals surface area (Å²) in [6, 6.07) is 5.86. The predicted molar refractivity (Wildman–Crippen MR) is 51.5 cm³/mol. The van der Waals surface area contributed by atoms with E-state index in [2.05, 4.69) is 32.7 Å². The molecule has 4 nitrogen and oxygen atoms in total. The minimum atomic E-state index is -0.498. The van der Waals surface area contributed by atoms with Gasteiger partial charge in [0, 0.05) is 5.56 Å². The lowest BCUT2D eigenvalue weighted by molar-refractivity contribution is 0.622. The number of nitrogens with zero attached hydrogens (tertiary/aromatic N) is 4. The van der Waals surface area contributed by atoms with Crippen molar-refractivity contribution in [2.45, 2.75) is 6.17 Å². The van der Waals surface area contributed by atoms with Crippen molar-refractivity contribution in [1.29, 1.82) is 0 Å². The summed E-state index contributed by atoms with van der Waals surface area (Å²) in [5, 5.41) is 15.0. The van der Waals surface area contributed by atoms with Crippen LogP contribution in [-0.2, 0) is 0 Å². The molecule has 14 heavy (non-hydrogen) atoms. The smallest absolute Gasteiger partial charge is 0.207 e. The molecule has 0 atom stereocenters. The fraction of sp³-hybridized carbons (Fsp3) is 0.125. The second-order valence-electron chi connectivity index (χ2n) is 2.64. The minimum absolute atomic E-state index is 0.114. The van der Waals surface area contributed by atoms with Gasteiger partial charge in [-0.25, -0.2) is 4.39 Å². The summed E-state index contributed by atoms with van der Waals surface area (Å²) in [6.45, 7) is 0. The second kappa shape index (κ2) is 3.67. The van der Waals surface area contributed by atoms with Gasteiger partial charge in [-0.2, -0.15) is 10.2 Å². The van der Waals surface area contributed by atoms with Crippen LogP contribution in [-0.4, -0.2) is 5.11 Å². The van der Waals surface area contributed by atoms with Crippen molar-refractivity contribution in [2.75, 3.05) is 0 Å². The molecule has 0 aliphatic carbocycles. The highest BCUT2D eigenvalue weighted by atomic mass is 32.1. The van der Waals surface area contributed by atoms with E-state index >= 15 is 0 Å². The molecule has 1 aromatic carbocycles. The van der Waals surface area contributed by atoms with E-state index in [1.54, 1.807) is 12.1 Å². The lowest BCUT2D eigenvalue weighted by Gasteiger charge is -2.07. The van der Waals surface area contributed by atoms with E-state index in [4.69, 9.17) is 0 Å². The lowest BCUT2D eigenvalue weighted by atomic mass is 10.2. The van der Waals surface area contributed by atoms with Crippen molar-refractivity contribution in [3.05, 3.63) is 35.6 Å². The van der Waals surface area contributed by atoms with Crippen LogP contribution in [0.1, 0.15) is 11.7 Å². The molecule has 0 fully saturated rings. The van der Waals surface area contributed by atoms with Gasteiger partial charge >= 0.3 is 0 Å². The Balaban J connectivity index is 2.24. The number of benzene rings is 1. The van der Waals surface area contributed by atoms with Crippen LogP contribution in [0.4, 0.5) is 4.39 Å². The van der Waals surface area contributed by atoms with Crippen LogP contribution >= 0.6 is 12.2 Å². The average molecular weight is 208 g/mol. The summed E-state index contributed by atoms with van der Waals surface area (Å²) in [5.74, 6) is -0.297. The largest absolute Gasteiger partial charge is 0.259 e. The number of hydrogen-bond acceptors (Lipinski definition) is 3. The van der Waals surface area contributed by atoms with Crippen molar-refractivity contribution in [3.63, 3.8) is 0 Å². The Bertz CT molecular complexity index is 396. The molecule has 2 rings (SSSR count). The molecule has 0 saturated heterocycles. The first kappa shape index (κ1) is 9.01. The molecule has 1 heterocycles. The summed E-state index contributed by atoms with van der Waals surface area (Å²) < 4.78 is 12.6. The zero-order valence-corrected chi connectivity index (χ0v) is 7.78. The van der Waals surface area contributed by atoms with Gasteiger partial charge in [0.05, 0.1) is 0 Å². The molecule has 6 heteroatoms. The van der Waals surface area contributed by atoms with Crippen LogP contribution in [0.2, 0.25) is 0 Å². The summed E-state index contributed by atoms with van der Waals surface area (Å²) in [7, 11) is 0. The molecule has 0 spiro atoms. The van der Waals surface area contributed by atoms with Crippen molar-refractivity contribution in [3.8, 4) is 0 Å². The fourth-order valence-corrected chi connectivity index (χ4v) is 1.11. The van der Waals surface area contributed by atoms with E-state index in [-0.39, 0.29) is 10.9 Å². The average Bonchev–Trinajstić information content (AvgIpc) is 2.21. The maximum Gasteiger partial charge on any atom is 0.259 e. The molecule has 1 aromatic rings. The van der Waals surface area contributed by atoms with Gasteiger partial charge in [-0.15, -0.1) is 10.2 Å². The van der Waals surface area contributed by atoms with E-state index in [1.165, 1.54) is 12.1 Å². The first-order valence-electron chi connectivity index (χ1n) is 3.87. The molecule has 0 radical (unpaired) electrons. The topological polar surface area (TPSA) is 49.4 Å². The van der Waals surface area contributed by atoms with Crippen LogP contribution < -0.4 is 0 Å². The summed E-state index contributed by atoms with van der Waals surface area (Å²) in [5.41, 5.74) is 0.737. The highest BCUT2D eigenvalue weighted by Gasteiger charge is 2.12. The normalized spacial score (nSPS) is 16.2. The Kier molecular flexibility index (Phi) is 2.36. The van der Waals surface area contributed by atoms with Crippen LogP contribution in [0.3, 0.4) is 0 Å². The fourth-order valence-electron chi connectivity index (χ4n) is 1.02. The zero-order chi connectivity index (χ0) is 9.97. The van der Waals surface area contributed by atoms with Crippen molar-refractivity contribution in [1.82, 2.24) is 0 Å². The molecule has 1 aliphatic heterocycles. The Morgan fingerprint density at radius 3 is 2.21 bits per heavy atom. The van der Waals surface area contributed by atoms with E-state index in [1.807, 2.05) is 0 Å². The molecular weight excluding hydrogens is 203 g/mol. The van der Waals surface area contributed by atoms with Gasteiger partial charge in [0.15, 0.2) is 0 Å². The Morgan fingerprint density at radius 1 is 1.07 bits per heavy atom. The van der Waals surface area contributed by atoms with Gasteiger partial charge in [0.25, 0.3) is 5.11 Å². The molecule has 0 saturated carbocycles. The summed E-state index contributed by atoms with van der Waals surface area (Å²) in [4.78, 5) is 0. The van der Waals surface area contributed by atoms with Gasteiger partial charge in [-0.05, 0) is 24.4 Å². The van der Waals surface area contributed by atoms with Gasteiger partial charge in [0.1, 0.15) is 5.82 Å². The molecule has 1 aliphatic rings. The predicted octanol–water partition coefficient (Wildman–Crippen LogP) is 3.03. The molecule has 70 valence electrons. The second-order valence-corrected chi connectivity index (χ2v) is 3.00. The number of rotatable bonds is 1. The highest BCUT2D eigenvalue weighted by molar-refractivity contribution is 7.80. The zero-order valence-electron chi connectivity index (χ0n) is 6.96. The lowest BCUT2D eigenvalue weighted by Crippen LogP contribution is -1.97. The first-order chi connectivity index (χ1) is 6.75. The SMILES string of the molecule is Fc1ccc(C2N=NC(=S)N=N2)cc1. The molecule has 0 unspecified atom stereocenters. The van der Waals surface area contributed by atoms with Crippen LogP contribution in [0, 0.1) is 5.82 Å². The maximum absolute atomic E-state index is 12.6. The van der Waals surface area contributed by atoms with Gasteiger partial charge in [-0.3, -0.25) is 0 Å². The number of azo groups is 2. The third kappa shape index (κ3) is 1.85. The number of halogens is 1. The van der Waals surface area contributed by atoms with Crippen LogP contribution in [0.25, 0.3) is 0 Å². The van der Waals surface area contributed by atoms with E-state index in [0.29, 0.717) is 0 Å². The third-order valence-electron chi connectivity index (χ3n) is 1.67. The summed E-state index contributed by atoms with van der Waals surface area (Å²) in [6.07, 6.45) is -0.498. The highest BCUT2D eigenvalue weighted by Crippen LogP contribution is 2.22. The standard InChI is InChI=1S/C8H5FN4S/c9-6-3-1-5(2-4-6)7-10-12-8(14)13-11-7/h1-4,7H. The Labute approximate surface area is 84.6 Å². The van der Waals surface area contributed by atoms with Crippen molar-refractivity contribution >= 4 is 17.3 Å². The van der Waals surface area contributed by atoms with E-state index in [9.17, 15) is 4.39 Å². The van der Waals surface area contributed by atoms with Gasteiger partial charge < -0.3 is 0 Å². The Morgan fingerprint density at radius 2 is 1.64 bits per heavy atom. The van der Waals surface area contributed by atoms with Crippen molar-refractivity contribution < 1.29 is 4.39 Å². The first-order valence-corrected chi connectivity index (χ1v) is 4.28. The molecule has 0 bridgehead atoms.